The zero-order valence-corrected chi connectivity index (χ0v) is 7.26. The summed E-state index contributed by atoms with van der Waals surface area (Å²) in [5.74, 6) is 0.290. The number of hydrogen-bond donors (Lipinski definition) is 1. The van der Waals surface area contributed by atoms with E-state index in [0.29, 0.717) is 12.5 Å². The highest BCUT2D eigenvalue weighted by atomic mass is 16.2. The van der Waals surface area contributed by atoms with E-state index in [0.717, 1.165) is 19.6 Å². The zero-order chi connectivity index (χ0) is 8.27. The van der Waals surface area contributed by atoms with Crippen molar-refractivity contribution < 1.29 is 4.79 Å². The maximum Gasteiger partial charge on any atom is 0.223 e. The summed E-state index contributed by atoms with van der Waals surface area (Å²) in [5.41, 5.74) is 0. The molecular formula is C8H16N2O. The molecule has 0 bridgehead atoms. The minimum absolute atomic E-state index is 0.290. The van der Waals surface area contributed by atoms with Gasteiger partial charge in [0.15, 0.2) is 0 Å². The van der Waals surface area contributed by atoms with Gasteiger partial charge >= 0.3 is 0 Å². The molecule has 64 valence electrons. The lowest BCUT2D eigenvalue weighted by Gasteiger charge is -2.06. The van der Waals surface area contributed by atoms with Crippen LogP contribution in [0.25, 0.3) is 0 Å². The highest BCUT2D eigenvalue weighted by Crippen LogP contribution is 2.04. The van der Waals surface area contributed by atoms with Crippen LogP contribution in [0.4, 0.5) is 0 Å². The van der Waals surface area contributed by atoms with Crippen LogP contribution in [0, 0.1) is 0 Å². The predicted molar refractivity (Wildman–Crippen MR) is 44.3 cm³/mol. The smallest absolute Gasteiger partial charge is 0.223 e. The second-order valence-electron chi connectivity index (χ2n) is 3.24. The topological polar surface area (TPSA) is 32.1 Å². The highest BCUT2D eigenvalue weighted by molar-refractivity contribution is 5.78. The van der Waals surface area contributed by atoms with E-state index in [1.54, 1.807) is 0 Å². The van der Waals surface area contributed by atoms with E-state index < -0.39 is 0 Å². The number of nitrogens with zero attached hydrogens (tertiary/aromatic N) is 1. The van der Waals surface area contributed by atoms with E-state index >= 15 is 0 Å². The van der Waals surface area contributed by atoms with Gasteiger partial charge in [0, 0.05) is 32.1 Å². The Balaban J connectivity index is 1.97. The van der Waals surface area contributed by atoms with Crippen LogP contribution in [-0.2, 0) is 4.79 Å². The van der Waals surface area contributed by atoms with Gasteiger partial charge in [0.1, 0.15) is 0 Å². The monoisotopic (exact) mass is 156 g/mol. The van der Waals surface area contributed by atoms with E-state index in [1.807, 2.05) is 4.90 Å². The first kappa shape index (κ1) is 8.53. The van der Waals surface area contributed by atoms with Crippen LogP contribution in [0.2, 0.25) is 0 Å². The first-order chi connectivity index (χ1) is 5.20. The first-order valence-corrected chi connectivity index (χ1v) is 4.21. The molecule has 1 N–H and O–H groups in total. The number of carbonyl (C=O) groups is 1. The molecule has 0 aromatic heterocycles. The number of amides is 1. The number of rotatable bonds is 4. The molecule has 1 rings (SSSR count). The Morgan fingerprint density at radius 2 is 2.18 bits per heavy atom. The molecule has 1 aliphatic rings. The predicted octanol–water partition coefficient (Wildman–Crippen LogP) is 0.217. The average molecular weight is 156 g/mol. The maximum atomic E-state index is 11.1. The third-order valence-corrected chi connectivity index (χ3v) is 1.69. The van der Waals surface area contributed by atoms with Crippen LogP contribution >= 0.6 is 0 Å². The van der Waals surface area contributed by atoms with Crippen LogP contribution in [0.1, 0.15) is 20.3 Å². The summed E-state index contributed by atoms with van der Waals surface area (Å²) in [6.07, 6.45) is 0.651. The van der Waals surface area contributed by atoms with Gasteiger partial charge in [-0.1, -0.05) is 13.8 Å². The molecule has 0 saturated carbocycles. The number of hydrogen-bond acceptors (Lipinski definition) is 2. The van der Waals surface area contributed by atoms with Crippen LogP contribution in [0.3, 0.4) is 0 Å². The SMILES string of the molecule is CC(C)NCCC(=O)N1CC1. The molecule has 1 aliphatic heterocycles. The van der Waals surface area contributed by atoms with Crippen molar-refractivity contribution in [2.24, 2.45) is 0 Å². The van der Waals surface area contributed by atoms with Crippen molar-refractivity contribution in [2.45, 2.75) is 26.3 Å². The first-order valence-electron chi connectivity index (χ1n) is 4.21. The van der Waals surface area contributed by atoms with E-state index in [4.69, 9.17) is 0 Å². The lowest BCUT2D eigenvalue weighted by atomic mass is 10.3. The number of nitrogens with one attached hydrogen (secondary N) is 1. The molecule has 3 heteroatoms. The van der Waals surface area contributed by atoms with Gasteiger partial charge in [0.05, 0.1) is 0 Å². The molecule has 0 aromatic rings. The normalized spacial score (nSPS) is 15.7. The van der Waals surface area contributed by atoms with Gasteiger partial charge in [-0.25, -0.2) is 0 Å². The Bertz CT molecular complexity index is 141. The van der Waals surface area contributed by atoms with Gasteiger partial charge in [-0.3, -0.25) is 4.79 Å². The average Bonchev–Trinajstić information content (AvgIpc) is 2.66. The van der Waals surface area contributed by atoms with Crippen LogP contribution in [0.15, 0.2) is 0 Å². The van der Waals surface area contributed by atoms with Crippen molar-refractivity contribution >= 4 is 5.91 Å². The molecule has 3 nitrogen and oxygen atoms in total. The van der Waals surface area contributed by atoms with Gasteiger partial charge in [-0.05, 0) is 0 Å². The fourth-order valence-corrected chi connectivity index (χ4v) is 0.925. The van der Waals surface area contributed by atoms with E-state index in [9.17, 15) is 4.79 Å². The van der Waals surface area contributed by atoms with E-state index in [2.05, 4.69) is 19.2 Å². The molecule has 0 radical (unpaired) electrons. The fraction of sp³-hybridized carbons (Fsp3) is 0.875. The summed E-state index contributed by atoms with van der Waals surface area (Å²) < 4.78 is 0. The molecule has 0 aromatic carbocycles. The van der Waals surface area contributed by atoms with Gasteiger partial charge in [-0.2, -0.15) is 0 Å². The van der Waals surface area contributed by atoms with E-state index in [1.165, 1.54) is 0 Å². The standard InChI is InChI=1S/C8H16N2O/c1-7(2)9-4-3-8(11)10-5-6-10/h7,9H,3-6H2,1-2H3. The van der Waals surface area contributed by atoms with Gasteiger partial charge < -0.3 is 10.2 Å². The summed E-state index contributed by atoms with van der Waals surface area (Å²) >= 11 is 0. The van der Waals surface area contributed by atoms with Gasteiger partial charge in [0.2, 0.25) is 5.91 Å². The summed E-state index contributed by atoms with van der Waals surface area (Å²) in [7, 11) is 0. The summed E-state index contributed by atoms with van der Waals surface area (Å²) in [6, 6.07) is 0.483. The third kappa shape index (κ3) is 3.37. The Morgan fingerprint density at radius 1 is 1.55 bits per heavy atom. The lowest BCUT2D eigenvalue weighted by Crippen LogP contribution is -2.27. The minimum Gasteiger partial charge on any atom is -0.339 e. The highest BCUT2D eigenvalue weighted by Gasteiger charge is 2.22. The molecular weight excluding hydrogens is 140 g/mol. The molecule has 1 amide bonds. The largest absolute Gasteiger partial charge is 0.339 e. The van der Waals surface area contributed by atoms with Crippen molar-refractivity contribution in [3.63, 3.8) is 0 Å². The van der Waals surface area contributed by atoms with Crippen LogP contribution in [-0.4, -0.2) is 36.5 Å². The Kier molecular flexibility index (Phi) is 2.88. The molecule has 1 heterocycles. The second-order valence-corrected chi connectivity index (χ2v) is 3.24. The van der Waals surface area contributed by atoms with E-state index in [-0.39, 0.29) is 5.91 Å². The fourth-order valence-electron chi connectivity index (χ4n) is 0.925. The zero-order valence-electron chi connectivity index (χ0n) is 7.26. The second kappa shape index (κ2) is 3.72. The third-order valence-electron chi connectivity index (χ3n) is 1.69. The Morgan fingerprint density at radius 3 is 2.64 bits per heavy atom. The molecule has 11 heavy (non-hydrogen) atoms. The van der Waals surface area contributed by atoms with Crippen LogP contribution in [0.5, 0.6) is 0 Å². The van der Waals surface area contributed by atoms with Crippen molar-refractivity contribution in [1.82, 2.24) is 10.2 Å². The molecule has 0 aliphatic carbocycles. The lowest BCUT2D eigenvalue weighted by molar-refractivity contribution is -0.125. The van der Waals surface area contributed by atoms with Crippen molar-refractivity contribution in [3.8, 4) is 0 Å². The molecule has 0 atom stereocenters. The summed E-state index contributed by atoms with van der Waals surface area (Å²) in [4.78, 5) is 12.9. The van der Waals surface area contributed by atoms with Crippen molar-refractivity contribution in [2.75, 3.05) is 19.6 Å². The van der Waals surface area contributed by atoms with Gasteiger partial charge in [0.25, 0.3) is 0 Å². The van der Waals surface area contributed by atoms with Crippen molar-refractivity contribution in [1.29, 1.82) is 0 Å². The van der Waals surface area contributed by atoms with Crippen molar-refractivity contribution in [3.05, 3.63) is 0 Å². The maximum absolute atomic E-state index is 11.1. The number of carbonyl (C=O) groups excluding carboxylic acids is 1. The molecule has 1 fully saturated rings. The quantitative estimate of drug-likeness (QED) is 0.590. The van der Waals surface area contributed by atoms with Gasteiger partial charge in [-0.15, -0.1) is 0 Å². The van der Waals surface area contributed by atoms with Crippen LogP contribution < -0.4 is 5.32 Å². The molecule has 0 spiro atoms. The molecule has 1 saturated heterocycles. The Labute approximate surface area is 67.8 Å². The molecule has 0 unspecified atom stereocenters. The Hall–Kier alpha value is -0.570. The summed E-state index contributed by atoms with van der Waals surface area (Å²) in [5, 5.41) is 3.21. The minimum atomic E-state index is 0.290. The summed E-state index contributed by atoms with van der Waals surface area (Å²) in [6.45, 7) is 6.93.